The molecule has 0 aliphatic carbocycles. The lowest BCUT2D eigenvalue weighted by atomic mass is 9.75. The fraction of sp³-hybridized carbons (Fsp3) is 0.778. The smallest absolute Gasteiger partial charge is 0.123 e. The molecule has 0 amide bonds. The van der Waals surface area contributed by atoms with Gasteiger partial charge >= 0.3 is 0 Å². The van der Waals surface area contributed by atoms with Gasteiger partial charge in [-0.25, -0.2) is 0 Å². The molecule has 0 heterocycles. The Morgan fingerprint density at radius 2 is 1.19 bits per heavy atom. The maximum Gasteiger partial charge on any atom is 0.123 e. The Morgan fingerprint density at radius 1 is 0.742 bits per heavy atom. The first-order valence-electron chi connectivity index (χ1n) is 12.3. The van der Waals surface area contributed by atoms with Crippen molar-refractivity contribution >= 4 is 23.5 Å². The van der Waals surface area contributed by atoms with E-state index in [1.165, 1.54) is 61.5 Å². The maximum absolute atomic E-state index is 11.0. The third-order valence-electron chi connectivity index (χ3n) is 6.24. The van der Waals surface area contributed by atoms with Crippen LogP contribution in [0.15, 0.2) is 12.1 Å². The van der Waals surface area contributed by atoms with Crippen molar-refractivity contribution in [1.82, 2.24) is 0 Å². The van der Waals surface area contributed by atoms with Crippen molar-refractivity contribution in [2.24, 2.45) is 0 Å². The van der Waals surface area contributed by atoms with Crippen LogP contribution in [-0.4, -0.2) is 35.2 Å². The first-order valence-corrected chi connectivity index (χ1v) is 14.6. The fourth-order valence-electron chi connectivity index (χ4n) is 4.01. The van der Waals surface area contributed by atoms with Gasteiger partial charge in [0.1, 0.15) is 11.5 Å². The third kappa shape index (κ3) is 9.90. The highest BCUT2D eigenvalue weighted by Gasteiger charge is 2.30. The zero-order valence-corrected chi connectivity index (χ0v) is 22.9. The monoisotopic (exact) mass is 468 g/mol. The number of ether oxygens (including phenoxy) is 1. The van der Waals surface area contributed by atoms with Crippen LogP contribution < -0.4 is 4.74 Å². The van der Waals surface area contributed by atoms with E-state index >= 15 is 0 Å². The Bertz CT molecular complexity index is 626. The minimum absolute atomic E-state index is 0.0211. The SMILES string of the molecule is CCCCSCCCC(C)(C)c1cc(OC)c(C(C)(C)CCCSCCCC)cc1O. The van der Waals surface area contributed by atoms with Gasteiger partial charge in [0.05, 0.1) is 7.11 Å². The molecular formula is C27H48O2S2. The van der Waals surface area contributed by atoms with Crippen LogP contribution in [0.4, 0.5) is 0 Å². The highest BCUT2D eigenvalue weighted by atomic mass is 32.2. The molecule has 0 saturated carbocycles. The van der Waals surface area contributed by atoms with Crippen LogP contribution in [-0.2, 0) is 10.8 Å². The Morgan fingerprint density at radius 3 is 1.65 bits per heavy atom. The molecule has 1 aromatic rings. The normalized spacial score (nSPS) is 12.4. The summed E-state index contributed by atoms with van der Waals surface area (Å²) in [6, 6.07) is 4.09. The Balaban J connectivity index is 2.82. The zero-order chi connectivity index (χ0) is 23.3. The summed E-state index contributed by atoms with van der Waals surface area (Å²) >= 11 is 4.12. The van der Waals surface area contributed by atoms with Crippen LogP contribution in [0.5, 0.6) is 11.5 Å². The van der Waals surface area contributed by atoms with Gasteiger partial charge < -0.3 is 9.84 Å². The van der Waals surface area contributed by atoms with E-state index in [4.69, 9.17) is 4.74 Å². The highest BCUT2D eigenvalue weighted by molar-refractivity contribution is 7.99. The lowest BCUT2D eigenvalue weighted by Crippen LogP contribution is -2.21. The second-order valence-corrected chi connectivity index (χ2v) is 12.4. The standard InChI is InChI=1S/C27H48O2S2/c1-8-10-16-30-18-12-14-26(3,4)22-21-25(29-7)23(20-24(22)28)27(5,6)15-13-19-31-17-11-9-2/h20-21,28H,8-19H2,1-7H3. The molecule has 1 N–H and O–H groups in total. The van der Waals surface area contributed by atoms with E-state index in [0.717, 1.165) is 29.7 Å². The van der Waals surface area contributed by atoms with Gasteiger partial charge in [0.25, 0.3) is 0 Å². The Labute approximate surface area is 201 Å². The highest BCUT2D eigenvalue weighted by Crippen LogP contribution is 2.43. The predicted octanol–water partition coefficient (Wildman–Crippen LogP) is 8.58. The quantitative estimate of drug-likeness (QED) is 0.232. The van der Waals surface area contributed by atoms with Crippen molar-refractivity contribution in [2.45, 2.75) is 104 Å². The second kappa shape index (κ2) is 14.6. The van der Waals surface area contributed by atoms with Crippen molar-refractivity contribution < 1.29 is 9.84 Å². The lowest BCUT2D eigenvalue weighted by Gasteiger charge is -2.31. The second-order valence-electron chi connectivity index (χ2n) is 9.98. The maximum atomic E-state index is 11.0. The number of thioether (sulfide) groups is 2. The minimum Gasteiger partial charge on any atom is -0.508 e. The van der Waals surface area contributed by atoms with Crippen LogP contribution in [0.2, 0.25) is 0 Å². The van der Waals surface area contributed by atoms with E-state index in [-0.39, 0.29) is 10.8 Å². The van der Waals surface area contributed by atoms with Crippen LogP contribution >= 0.6 is 23.5 Å². The summed E-state index contributed by atoms with van der Waals surface area (Å²) in [5.74, 6) is 6.27. The summed E-state index contributed by atoms with van der Waals surface area (Å²) in [4.78, 5) is 0. The zero-order valence-electron chi connectivity index (χ0n) is 21.3. The molecule has 1 aromatic carbocycles. The number of methoxy groups -OCH3 is 1. The van der Waals surface area contributed by atoms with Crippen LogP contribution in [0.1, 0.15) is 104 Å². The van der Waals surface area contributed by atoms with E-state index in [1.807, 2.05) is 6.07 Å². The molecule has 2 nitrogen and oxygen atoms in total. The summed E-state index contributed by atoms with van der Waals surface area (Å²) in [5, 5.41) is 11.0. The number of aromatic hydroxyl groups is 1. The molecule has 0 unspecified atom stereocenters. The van der Waals surface area contributed by atoms with Crippen molar-refractivity contribution in [1.29, 1.82) is 0 Å². The average molecular weight is 469 g/mol. The number of phenolic OH excluding ortho intramolecular Hbond substituents is 1. The lowest BCUT2D eigenvalue weighted by molar-refractivity contribution is 0.371. The number of hydrogen-bond donors (Lipinski definition) is 1. The van der Waals surface area contributed by atoms with E-state index in [1.54, 1.807) is 7.11 Å². The van der Waals surface area contributed by atoms with Gasteiger partial charge in [-0.3, -0.25) is 0 Å². The topological polar surface area (TPSA) is 29.5 Å². The van der Waals surface area contributed by atoms with E-state index in [2.05, 4.69) is 71.1 Å². The van der Waals surface area contributed by atoms with Gasteiger partial charge in [0.15, 0.2) is 0 Å². The van der Waals surface area contributed by atoms with E-state index < -0.39 is 0 Å². The van der Waals surface area contributed by atoms with E-state index in [9.17, 15) is 5.11 Å². The van der Waals surface area contributed by atoms with Crippen LogP contribution in [0, 0.1) is 0 Å². The Hall–Kier alpha value is -0.480. The molecule has 4 heteroatoms. The first kappa shape index (κ1) is 28.6. The van der Waals surface area contributed by atoms with E-state index in [0.29, 0.717) is 5.75 Å². The molecular weight excluding hydrogens is 420 g/mol. The molecule has 0 atom stereocenters. The molecule has 0 fully saturated rings. The fourth-order valence-corrected chi connectivity index (χ4v) is 6.10. The largest absolute Gasteiger partial charge is 0.508 e. The molecule has 0 bridgehead atoms. The summed E-state index contributed by atoms with van der Waals surface area (Å²) in [6.45, 7) is 13.5. The number of benzene rings is 1. The number of rotatable bonds is 17. The minimum atomic E-state index is -0.0682. The molecule has 0 aliphatic heterocycles. The van der Waals surface area contributed by atoms with Crippen molar-refractivity contribution in [2.75, 3.05) is 30.1 Å². The molecule has 0 saturated heterocycles. The average Bonchev–Trinajstić information content (AvgIpc) is 2.72. The summed E-state index contributed by atoms with van der Waals surface area (Å²) in [7, 11) is 1.76. The van der Waals surface area contributed by atoms with Gasteiger partial charge in [-0.2, -0.15) is 23.5 Å². The van der Waals surface area contributed by atoms with Crippen LogP contribution in [0.3, 0.4) is 0 Å². The molecule has 0 spiro atoms. The van der Waals surface area contributed by atoms with Gasteiger partial charge in [-0.05, 0) is 84.5 Å². The molecule has 31 heavy (non-hydrogen) atoms. The Kier molecular flexibility index (Phi) is 13.5. The van der Waals surface area contributed by atoms with Crippen molar-refractivity contribution in [3.8, 4) is 11.5 Å². The number of unbranched alkanes of at least 4 members (excludes halogenated alkanes) is 2. The summed E-state index contributed by atoms with van der Waals surface area (Å²) < 4.78 is 5.83. The van der Waals surface area contributed by atoms with Crippen molar-refractivity contribution in [3.63, 3.8) is 0 Å². The first-order chi connectivity index (χ1) is 14.7. The molecule has 180 valence electrons. The molecule has 0 aromatic heterocycles. The predicted molar refractivity (Wildman–Crippen MR) is 144 cm³/mol. The van der Waals surface area contributed by atoms with Gasteiger partial charge in [-0.15, -0.1) is 0 Å². The van der Waals surface area contributed by atoms with Gasteiger partial charge in [0.2, 0.25) is 0 Å². The summed E-state index contributed by atoms with van der Waals surface area (Å²) in [6.07, 6.45) is 9.69. The van der Waals surface area contributed by atoms with Gasteiger partial charge in [0, 0.05) is 11.1 Å². The number of phenols is 1. The molecule has 0 aliphatic rings. The number of hydrogen-bond acceptors (Lipinski definition) is 4. The third-order valence-corrected chi connectivity index (χ3v) is 8.55. The summed E-state index contributed by atoms with van der Waals surface area (Å²) in [5.41, 5.74) is 2.05. The van der Waals surface area contributed by atoms with Crippen LogP contribution in [0.25, 0.3) is 0 Å². The molecule has 0 radical (unpaired) electrons. The molecule has 1 rings (SSSR count). The van der Waals surface area contributed by atoms with Gasteiger partial charge in [-0.1, -0.05) is 54.4 Å². The van der Waals surface area contributed by atoms with Crippen molar-refractivity contribution in [3.05, 3.63) is 23.3 Å².